The first-order chi connectivity index (χ1) is 8.20. The maximum absolute atomic E-state index is 12.2. The largest absolute Gasteiger partial charge is 0.465 e. The van der Waals surface area contributed by atoms with Crippen LogP contribution in [0.2, 0.25) is 0 Å². The van der Waals surface area contributed by atoms with Crippen molar-refractivity contribution in [3.05, 3.63) is 0 Å². The van der Waals surface area contributed by atoms with Crippen LogP contribution in [0.3, 0.4) is 0 Å². The highest BCUT2D eigenvalue weighted by atomic mass is 32.2. The average molecular weight is 257 g/mol. The van der Waals surface area contributed by atoms with E-state index in [2.05, 4.69) is 12.2 Å². The van der Waals surface area contributed by atoms with Crippen molar-refractivity contribution in [1.29, 1.82) is 0 Å². The SMILES string of the molecule is CCOC(=O)C1(NC2CC2)CCC(SCC)C1. The zero-order chi connectivity index (χ0) is 12.3. The van der Waals surface area contributed by atoms with Gasteiger partial charge in [-0.25, -0.2) is 0 Å². The monoisotopic (exact) mass is 257 g/mol. The highest BCUT2D eigenvalue weighted by Gasteiger charge is 2.48. The summed E-state index contributed by atoms with van der Waals surface area (Å²) in [7, 11) is 0. The molecular weight excluding hydrogens is 234 g/mol. The van der Waals surface area contributed by atoms with Crippen LogP contribution in [0.4, 0.5) is 0 Å². The van der Waals surface area contributed by atoms with Gasteiger partial charge in [0.15, 0.2) is 0 Å². The van der Waals surface area contributed by atoms with E-state index < -0.39 is 0 Å². The first-order valence-electron chi connectivity index (χ1n) is 6.76. The highest BCUT2D eigenvalue weighted by molar-refractivity contribution is 7.99. The van der Waals surface area contributed by atoms with E-state index >= 15 is 0 Å². The molecule has 2 fully saturated rings. The van der Waals surface area contributed by atoms with Crippen molar-refractivity contribution < 1.29 is 9.53 Å². The second kappa shape index (κ2) is 5.61. The first-order valence-corrected chi connectivity index (χ1v) is 7.81. The molecule has 2 aliphatic rings. The molecule has 1 N–H and O–H groups in total. The Balaban J connectivity index is 2.00. The Morgan fingerprint density at radius 2 is 2.18 bits per heavy atom. The van der Waals surface area contributed by atoms with Crippen molar-refractivity contribution in [2.45, 2.75) is 62.8 Å². The fraction of sp³-hybridized carbons (Fsp3) is 0.923. The molecule has 2 rings (SSSR count). The molecule has 0 heterocycles. The number of ether oxygens (including phenoxy) is 1. The van der Waals surface area contributed by atoms with Crippen molar-refractivity contribution in [1.82, 2.24) is 5.32 Å². The van der Waals surface area contributed by atoms with E-state index in [1.54, 1.807) is 0 Å². The van der Waals surface area contributed by atoms with Gasteiger partial charge in [0, 0.05) is 11.3 Å². The molecule has 2 unspecified atom stereocenters. The average Bonchev–Trinajstić information content (AvgIpc) is 3.00. The molecular formula is C13H23NO2S. The summed E-state index contributed by atoms with van der Waals surface area (Å²) in [6, 6.07) is 0.560. The maximum atomic E-state index is 12.2. The second-order valence-electron chi connectivity index (χ2n) is 5.04. The van der Waals surface area contributed by atoms with Crippen molar-refractivity contribution in [2.75, 3.05) is 12.4 Å². The van der Waals surface area contributed by atoms with Crippen LogP contribution in [-0.2, 0) is 9.53 Å². The molecule has 0 aromatic rings. The minimum absolute atomic E-state index is 0.0221. The van der Waals surface area contributed by atoms with Gasteiger partial charge in [-0.3, -0.25) is 10.1 Å². The lowest BCUT2D eigenvalue weighted by Gasteiger charge is -2.28. The number of carbonyl (C=O) groups is 1. The van der Waals surface area contributed by atoms with Crippen LogP contribution in [-0.4, -0.2) is 35.2 Å². The Bertz CT molecular complexity index is 281. The first kappa shape index (κ1) is 13.2. The van der Waals surface area contributed by atoms with Gasteiger partial charge in [-0.2, -0.15) is 11.8 Å². The molecule has 0 aromatic carbocycles. The standard InChI is InChI=1S/C13H23NO2S/c1-3-16-12(15)13(14-10-5-6-10)8-7-11(9-13)17-4-2/h10-11,14H,3-9H2,1-2H3. The summed E-state index contributed by atoms with van der Waals surface area (Å²) in [4.78, 5) is 12.2. The fourth-order valence-electron chi connectivity index (χ4n) is 2.64. The molecule has 2 atom stereocenters. The molecule has 0 saturated heterocycles. The lowest BCUT2D eigenvalue weighted by Crippen LogP contribution is -2.52. The summed E-state index contributed by atoms with van der Waals surface area (Å²) in [5.41, 5.74) is -0.371. The van der Waals surface area contributed by atoms with Crippen molar-refractivity contribution in [3.63, 3.8) is 0 Å². The van der Waals surface area contributed by atoms with Crippen LogP contribution < -0.4 is 5.32 Å². The normalized spacial score (nSPS) is 32.7. The minimum atomic E-state index is -0.371. The third-order valence-electron chi connectivity index (χ3n) is 3.60. The van der Waals surface area contributed by atoms with Gasteiger partial charge in [-0.15, -0.1) is 0 Å². The molecule has 0 aliphatic heterocycles. The topological polar surface area (TPSA) is 38.3 Å². The van der Waals surface area contributed by atoms with Crippen molar-refractivity contribution >= 4 is 17.7 Å². The molecule has 4 heteroatoms. The lowest BCUT2D eigenvalue weighted by atomic mass is 9.97. The number of hydrogen-bond acceptors (Lipinski definition) is 4. The maximum Gasteiger partial charge on any atom is 0.326 e. The predicted octanol–water partition coefficient (Wildman–Crippen LogP) is 2.35. The van der Waals surface area contributed by atoms with Gasteiger partial charge in [0.1, 0.15) is 5.54 Å². The second-order valence-corrected chi connectivity index (χ2v) is 6.62. The molecule has 17 heavy (non-hydrogen) atoms. The Kier molecular flexibility index (Phi) is 4.36. The van der Waals surface area contributed by atoms with E-state index in [1.807, 2.05) is 18.7 Å². The van der Waals surface area contributed by atoms with Crippen LogP contribution in [0.5, 0.6) is 0 Å². The zero-order valence-corrected chi connectivity index (χ0v) is 11.6. The molecule has 0 bridgehead atoms. The Labute approximate surface area is 108 Å². The number of nitrogens with one attached hydrogen (secondary N) is 1. The smallest absolute Gasteiger partial charge is 0.326 e. The van der Waals surface area contributed by atoms with Gasteiger partial charge in [0.05, 0.1) is 6.61 Å². The molecule has 0 spiro atoms. The van der Waals surface area contributed by atoms with E-state index in [1.165, 1.54) is 12.8 Å². The van der Waals surface area contributed by atoms with Gasteiger partial charge < -0.3 is 4.74 Å². The number of esters is 1. The quantitative estimate of drug-likeness (QED) is 0.741. The number of hydrogen-bond donors (Lipinski definition) is 1. The predicted molar refractivity (Wildman–Crippen MR) is 71.3 cm³/mol. The minimum Gasteiger partial charge on any atom is -0.465 e. The summed E-state index contributed by atoms with van der Waals surface area (Å²) >= 11 is 1.98. The van der Waals surface area contributed by atoms with Gasteiger partial charge >= 0.3 is 5.97 Å². The summed E-state index contributed by atoms with van der Waals surface area (Å²) in [6.07, 6.45) is 5.46. The molecule has 0 radical (unpaired) electrons. The van der Waals surface area contributed by atoms with E-state index in [0.29, 0.717) is 17.9 Å². The third kappa shape index (κ3) is 3.16. The molecule has 0 amide bonds. The van der Waals surface area contributed by atoms with E-state index in [9.17, 15) is 4.79 Å². The zero-order valence-electron chi connectivity index (χ0n) is 10.8. The summed E-state index contributed by atoms with van der Waals surface area (Å²) in [5.74, 6) is 1.11. The van der Waals surface area contributed by atoms with Gasteiger partial charge in [0.2, 0.25) is 0 Å². The highest BCUT2D eigenvalue weighted by Crippen LogP contribution is 2.40. The Morgan fingerprint density at radius 1 is 1.41 bits per heavy atom. The van der Waals surface area contributed by atoms with Crippen LogP contribution >= 0.6 is 11.8 Å². The molecule has 98 valence electrons. The van der Waals surface area contributed by atoms with E-state index in [0.717, 1.165) is 25.0 Å². The third-order valence-corrected chi connectivity index (χ3v) is 4.80. The van der Waals surface area contributed by atoms with E-state index in [4.69, 9.17) is 4.74 Å². The van der Waals surface area contributed by atoms with Crippen LogP contribution in [0.25, 0.3) is 0 Å². The number of carbonyl (C=O) groups excluding carboxylic acids is 1. The summed E-state index contributed by atoms with van der Waals surface area (Å²) < 4.78 is 5.27. The molecule has 2 aliphatic carbocycles. The summed E-state index contributed by atoms with van der Waals surface area (Å²) in [6.45, 7) is 4.55. The molecule has 3 nitrogen and oxygen atoms in total. The van der Waals surface area contributed by atoms with Gasteiger partial charge in [-0.05, 0) is 44.8 Å². The summed E-state index contributed by atoms with van der Waals surface area (Å²) in [5, 5.41) is 4.17. The van der Waals surface area contributed by atoms with Crippen LogP contribution in [0, 0.1) is 0 Å². The van der Waals surface area contributed by atoms with Crippen molar-refractivity contribution in [3.8, 4) is 0 Å². The van der Waals surface area contributed by atoms with Gasteiger partial charge in [0.25, 0.3) is 0 Å². The molecule has 2 saturated carbocycles. The fourth-order valence-corrected chi connectivity index (χ4v) is 3.80. The van der Waals surface area contributed by atoms with Crippen LogP contribution in [0.15, 0.2) is 0 Å². The van der Waals surface area contributed by atoms with Gasteiger partial charge in [-0.1, -0.05) is 6.92 Å². The lowest BCUT2D eigenvalue weighted by molar-refractivity contribution is -0.151. The Morgan fingerprint density at radius 3 is 2.76 bits per heavy atom. The van der Waals surface area contributed by atoms with E-state index in [-0.39, 0.29) is 11.5 Å². The number of thioether (sulfide) groups is 1. The molecule has 0 aromatic heterocycles. The Hall–Kier alpha value is -0.220. The van der Waals surface area contributed by atoms with Crippen molar-refractivity contribution in [2.24, 2.45) is 0 Å². The van der Waals surface area contributed by atoms with Crippen LogP contribution in [0.1, 0.15) is 46.0 Å². The number of rotatable bonds is 6.